The molecule has 3 nitrogen and oxygen atoms in total. The van der Waals surface area contributed by atoms with E-state index in [1.165, 1.54) is 19.1 Å². The van der Waals surface area contributed by atoms with Crippen LogP contribution in [0, 0.1) is 11.3 Å². The lowest BCUT2D eigenvalue weighted by Crippen LogP contribution is -2.15. The average molecular weight is 258 g/mol. The van der Waals surface area contributed by atoms with Gasteiger partial charge in [0.1, 0.15) is 11.8 Å². The molecule has 0 amide bonds. The Balaban J connectivity index is 3.14. The zero-order valence-corrected chi connectivity index (χ0v) is 10.0. The van der Waals surface area contributed by atoms with Crippen molar-refractivity contribution in [3.8, 4) is 11.8 Å². The van der Waals surface area contributed by atoms with Crippen molar-refractivity contribution in [1.82, 2.24) is 5.32 Å². The quantitative estimate of drug-likeness (QED) is 0.903. The SMILES string of the molecule is CNCc1ccc(OC(C)C#N)c(C(F)(F)F)c1. The average Bonchev–Trinajstić information content (AvgIpc) is 2.30. The lowest BCUT2D eigenvalue weighted by molar-refractivity contribution is -0.139. The third-order valence-corrected chi connectivity index (χ3v) is 2.22. The first kappa shape index (κ1) is 14.3. The van der Waals surface area contributed by atoms with Crippen LogP contribution in [0.4, 0.5) is 13.2 Å². The second-order valence-corrected chi connectivity index (χ2v) is 3.75. The van der Waals surface area contributed by atoms with Gasteiger partial charge in [0.25, 0.3) is 0 Å². The maximum absolute atomic E-state index is 12.8. The van der Waals surface area contributed by atoms with Crippen LogP contribution < -0.4 is 10.1 Å². The Hall–Kier alpha value is -1.74. The molecular weight excluding hydrogens is 245 g/mol. The molecule has 1 aromatic carbocycles. The third-order valence-electron chi connectivity index (χ3n) is 2.22. The summed E-state index contributed by atoms with van der Waals surface area (Å²) in [7, 11) is 1.65. The fourth-order valence-corrected chi connectivity index (χ4v) is 1.43. The van der Waals surface area contributed by atoms with Crippen LogP contribution >= 0.6 is 0 Å². The zero-order valence-electron chi connectivity index (χ0n) is 10.0. The summed E-state index contributed by atoms with van der Waals surface area (Å²) in [6.07, 6.45) is -5.44. The molecule has 6 heteroatoms. The van der Waals surface area contributed by atoms with Crippen LogP contribution in [0.2, 0.25) is 0 Å². The minimum Gasteiger partial charge on any atom is -0.475 e. The molecule has 18 heavy (non-hydrogen) atoms. The van der Waals surface area contributed by atoms with Gasteiger partial charge in [0.05, 0.1) is 5.56 Å². The summed E-state index contributed by atoms with van der Waals surface area (Å²) >= 11 is 0. The Morgan fingerprint density at radius 1 is 1.44 bits per heavy atom. The number of alkyl halides is 3. The van der Waals surface area contributed by atoms with Crippen LogP contribution in [-0.2, 0) is 12.7 Å². The topological polar surface area (TPSA) is 45.0 Å². The molecule has 0 bridgehead atoms. The summed E-state index contributed by atoms with van der Waals surface area (Å²) in [5, 5.41) is 11.3. The van der Waals surface area contributed by atoms with Gasteiger partial charge >= 0.3 is 6.18 Å². The van der Waals surface area contributed by atoms with Gasteiger partial charge in [-0.05, 0) is 31.7 Å². The number of halogens is 3. The molecule has 98 valence electrons. The van der Waals surface area contributed by atoms with Crippen LogP contribution in [0.1, 0.15) is 18.1 Å². The molecule has 0 saturated carbocycles. The first-order chi connectivity index (χ1) is 8.38. The van der Waals surface area contributed by atoms with Gasteiger partial charge in [-0.25, -0.2) is 0 Å². The number of nitrogens with zero attached hydrogens (tertiary/aromatic N) is 1. The van der Waals surface area contributed by atoms with Gasteiger partial charge < -0.3 is 10.1 Å². The van der Waals surface area contributed by atoms with Gasteiger partial charge in [0.15, 0.2) is 6.10 Å². The molecule has 0 aliphatic heterocycles. The molecule has 0 saturated heterocycles. The van der Waals surface area contributed by atoms with Crippen molar-refractivity contribution in [2.45, 2.75) is 25.7 Å². The molecule has 0 radical (unpaired) electrons. The molecule has 1 aromatic rings. The molecule has 0 aliphatic rings. The van der Waals surface area contributed by atoms with Crippen LogP contribution in [0.25, 0.3) is 0 Å². The highest BCUT2D eigenvalue weighted by molar-refractivity contribution is 5.39. The minimum atomic E-state index is -4.51. The van der Waals surface area contributed by atoms with Crippen molar-refractivity contribution in [2.75, 3.05) is 7.05 Å². The van der Waals surface area contributed by atoms with E-state index in [2.05, 4.69) is 5.32 Å². The predicted molar refractivity (Wildman–Crippen MR) is 59.9 cm³/mol. The summed E-state index contributed by atoms with van der Waals surface area (Å²) < 4.78 is 43.5. The van der Waals surface area contributed by atoms with Crippen molar-refractivity contribution in [3.63, 3.8) is 0 Å². The van der Waals surface area contributed by atoms with Gasteiger partial charge in [-0.3, -0.25) is 0 Å². The van der Waals surface area contributed by atoms with Gasteiger partial charge in [-0.15, -0.1) is 0 Å². The number of benzene rings is 1. The van der Waals surface area contributed by atoms with Crippen molar-refractivity contribution in [1.29, 1.82) is 5.26 Å². The van der Waals surface area contributed by atoms with Crippen molar-refractivity contribution in [3.05, 3.63) is 29.3 Å². The molecule has 0 aromatic heterocycles. The second-order valence-electron chi connectivity index (χ2n) is 3.75. The van der Waals surface area contributed by atoms with Gasteiger partial charge in [0.2, 0.25) is 0 Å². The summed E-state index contributed by atoms with van der Waals surface area (Å²) in [5.74, 6) is -0.323. The van der Waals surface area contributed by atoms with Crippen LogP contribution in [0.5, 0.6) is 5.75 Å². The number of nitrogens with one attached hydrogen (secondary N) is 1. The van der Waals surface area contributed by atoms with Crippen molar-refractivity contribution in [2.24, 2.45) is 0 Å². The first-order valence-corrected chi connectivity index (χ1v) is 5.29. The molecular formula is C12H13F3N2O. The van der Waals surface area contributed by atoms with E-state index >= 15 is 0 Å². The molecule has 1 unspecified atom stereocenters. The fourth-order valence-electron chi connectivity index (χ4n) is 1.43. The summed E-state index contributed by atoms with van der Waals surface area (Å²) in [6, 6.07) is 5.53. The summed E-state index contributed by atoms with van der Waals surface area (Å²) in [6.45, 7) is 1.72. The molecule has 1 atom stereocenters. The smallest absolute Gasteiger partial charge is 0.419 e. The van der Waals surface area contributed by atoms with E-state index in [1.54, 1.807) is 13.1 Å². The highest BCUT2D eigenvalue weighted by Gasteiger charge is 2.35. The molecule has 0 heterocycles. The van der Waals surface area contributed by atoms with E-state index in [-0.39, 0.29) is 5.75 Å². The van der Waals surface area contributed by atoms with E-state index in [0.717, 1.165) is 6.07 Å². The second kappa shape index (κ2) is 5.74. The fraction of sp³-hybridized carbons (Fsp3) is 0.417. The normalized spacial score (nSPS) is 12.9. The largest absolute Gasteiger partial charge is 0.475 e. The van der Waals surface area contributed by atoms with Crippen LogP contribution in [-0.4, -0.2) is 13.2 Å². The lowest BCUT2D eigenvalue weighted by Gasteiger charge is -2.16. The molecule has 1 rings (SSSR count). The van der Waals surface area contributed by atoms with Crippen molar-refractivity contribution >= 4 is 0 Å². The zero-order chi connectivity index (χ0) is 13.8. The van der Waals surface area contributed by atoms with E-state index in [1.807, 2.05) is 0 Å². The van der Waals surface area contributed by atoms with E-state index < -0.39 is 17.8 Å². The van der Waals surface area contributed by atoms with Gasteiger partial charge in [0, 0.05) is 6.54 Å². The van der Waals surface area contributed by atoms with E-state index in [0.29, 0.717) is 12.1 Å². The van der Waals surface area contributed by atoms with Crippen LogP contribution in [0.15, 0.2) is 18.2 Å². The van der Waals surface area contributed by atoms with E-state index in [4.69, 9.17) is 10.00 Å². The Morgan fingerprint density at radius 3 is 2.61 bits per heavy atom. The van der Waals surface area contributed by atoms with Gasteiger partial charge in [-0.1, -0.05) is 6.07 Å². The van der Waals surface area contributed by atoms with Crippen LogP contribution in [0.3, 0.4) is 0 Å². The number of hydrogen-bond donors (Lipinski definition) is 1. The van der Waals surface area contributed by atoms with E-state index in [9.17, 15) is 13.2 Å². The first-order valence-electron chi connectivity index (χ1n) is 5.29. The number of hydrogen-bond acceptors (Lipinski definition) is 3. The highest BCUT2D eigenvalue weighted by Crippen LogP contribution is 2.37. The Morgan fingerprint density at radius 2 is 2.11 bits per heavy atom. The maximum Gasteiger partial charge on any atom is 0.419 e. The molecule has 1 N–H and O–H groups in total. The standard InChI is InChI=1S/C12H13F3N2O/c1-8(6-16)18-11-4-3-9(7-17-2)5-10(11)12(13,14)15/h3-5,8,17H,7H2,1-2H3. The Bertz CT molecular complexity index is 452. The number of ether oxygens (including phenoxy) is 1. The Labute approximate surface area is 103 Å². The number of rotatable bonds is 4. The molecule has 0 fully saturated rings. The third kappa shape index (κ3) is 3.64. The van der Waals surface area contributed by atoms with Gasteiger partial charge in [-0.2, -0.15) is 18.4 Å². The van der Waals surface area contributed by atoms with Crippen molar-refractivity contribution < 1.29 is 17.9 Å². The number of nitriles is 1. The summed E-state index contributed by atoms with van der Waals surface area (Å²) in [5.41, 5.74) is -0.362. The predicted octanol–water partition coefficient (Wildman–Crippen LogP) is 2.72. The molecule has 0 spiro atoms. The lowest BCUT2D eigenvalue weighted by atomic mass is 10.1. The maximum atomic E-state index is 12.8. The summed E-state index contributed by atoms with van der Waals surface area (Å²) in [4.78, 5) is 0. The highest BCUT2D eigenvalue weighted by atomic mass is 19.4. The Kier molecular flexibility index (Phi) is 4.56. The minimum absolute atomic E-state index is 0.323. The monoisotopic (exact) mass is 258 g/mol. The molecule has 0 aliphatic carbocycles.